The number of halogens is 1. The van der Waals surface area contributed by atoms with Crippen LogP contribution >= 0.6 is 11.6 Å². The number of nitrogens with zero attached hydrogens (tertiary/aromatic N) is 1. The van der Waals surface area contributed by atoms with Crippen molar-refractivity contribution < 1.29 is 46.9 Å². The molecule has 11 nitrogen and oxygen atoms in total. The Hall–Kier alpha value is -3.35. The second-order valence-corrected chi connectivity index (χ2v) is 11.1. The van der Waals surface area contributed by atoms with E-state index in [-0.39, 0.29) is 29.5 Å². The van der Waals surface area contributed by atoms with Crippen molar-refractivity contribution in [3.8, 4) is 17.2 Å². The Bertz CT molecular complexity index is 1300. The van der Waals surface area contributed by atoms with Crippen LogP contribution in [0.3, 0.4) is 0 Å². The molecular formula is C24H26ClNO10S. The van der Waals surface area contributed by atoms with Gasteiger partial charge in [-0.15, -0.1) is 0 Å². The Balaban J connectivity index is 1.82. The molecule has 0 aromatic heterocycles. The monoisotopic (exact) mass is 555 g/mol. The Morgan fingerprint density at radius 1 is 1.08 bits per heavy atom. The molecule has 0 bridgehead atoms. The second kappa shape index (κ2) is 11.4. The predicted molar refractivity (Wildman–Crippen MR) is 134 cm³/mol. The fourth-order valence-corrected chi connectivity index (χ4v) is 5.68. The summed E-state index contributed by atoms with van der Waals surface area (Å²) in [6, 6.07) is 7.17. The van der Waals surface area contributed by atoms with E-state index in [4.69, 9.17) is 30.5 Å². The Labute approximate surface area is 218 Å². The van der Waals surface area contributed by atoms with Gasteiger partial charge in [0.15, 0.2) is 27.1 Å². The van der Waals surface area contributed by atoms with Gasteiger partial charge in [-0.05, 0) is 42.8 Å². The number of sulfone groups is 1. The summed E-state index contributed by atoms with van der Waals surface area (Å²) in [6.07, 6.45) is 0. The first-order valence-corrected chi connectivity index (χ1v) is 12.9. The maximum atomic E-state index is 13.4. The molecule has 1 aliphatic rings. The van der Waals surface area contributed by atoms with Crippen molar-refractivity contribution in [3.05, 3.63) is 46.5 Å². The number of carboxylic acid groups (broad SMARTS) is 1. The third kappa shape index (κ3) is 5.65. The van der Waals surface area contributed by atoms with Gasteiger partial charge in [0.25, 0.3) is 5.91 Å². The van der Waals surface area contributed by atoms with Crippen LogP contribution in [0, 0.1) is 0 Å². The molecule has 0 saturated heterocycles. The molecule has 0 spiro atoms. The molecule has 0 fully saturated rings. The number of rotatable bonds is 11. The van der Waals surface area contributed by atoms with Gasteiger partial charge in [0, 0.05) is 10.6 Å². The highest BCUT2D eigenvalue weighted by Crippen LogP contribution is 2.38. The number of hydrogen-bond donors (Lipinski definition) is 1. The number of fused-ring (bicyclic) bond motifs is 1. The van der Waals surface area contributed by atoms with Crippen LogP contribution in [0.15, 0.2) is 30.3 Å². The summed E-state index contributed by atoms with van der Waals surface area (Å²) in [5.74, 6) is -2.33. The van der Waals surface area contributed by atoms with Crippen molar-refractivity contribution in [2.75, 3.05) is 39.4 Å². The smallest absolute Gasteiger partial charge is 0.323 e. The van der Waals surface area contributed by atoms with Crippen LogP contribution in [0.5, 0.6) is 17.2 Å². The lowest BCUT2D eigenvalue weighted by atomic mass is 9.99. The zero-order valence-electron chi connectivity index (χ0n) is 20.5. The van der Waals surface area contributed by atoms with Crippen LogP contribution in [0.4, 0.5) is 5.69 Å². The molecule has 1 N–H and O–H groups in total. The quantitative estimate of drug-likeness (QED) is 0.410. The molecule has 37 heavy (non-hydrogen) atoms. The van der Waals surface area contributed by atoms with E-state index in [2.05, 4.69) is 0 Å². The molecule has 0 radical (unpaired) electrons. The fourth-order valence-electron chi connectivity index (χ4n) is 3.93. The van der Waals surface area contributed by atoms with Gasteiger partial charge < -0.3 is 24.1 Å². The first kappa shape index (κ1) is 28.2. The molecule has 0 saturated carbocycles. The van der Waals surface area contributed by atoms with Crippen LogP contribution in [0.25, 0.3) is 0 Å². The van der Waals surface area contributed by atoms with Gasteiger partial charge >= 0.3 is 5.97 Å². The van der Waals surface area contributed by atoms with E-state index in [1.807, 2.05) is 0 Å². The van der Waals surface area contributed by atoms with E-state index in [1.165, 1.54) is 46.5 Å². The molecule has 2 aromatic rings. The lowest BCUT2D eigenvalue weighted by molar-refractivity contribution is -0.136. The minimum atomic E-state index is -4.43. The number of aliphatic carboxylic acids is 1. The van der Waals surface area contributed by atoms with Crippen molar-refractivity contribution in [1.29, 1.82) is 0 Å². The molecule has 200 valence electrons. The molecule has 3 rings (SSSR count). The summed E-state index contributed by atoms with van der Waals surface area (Å²) in [6.45, 7) is 0.0968. The van der Waals surface area contributed by atoms with Crippen molar-refractivity contribution in [3.63, 3.8) is 0 Å². The highest BCUT2D eigenvalue weighted by molar-refractivity contribution is 7.94. The number of ether oxygens (including phenoxy) is 4. The number of carbonyl (C=O) groups is 3. The maximum Gasteiger partial charge on any atom is 0.323 e. The number of methoxy groups -OCH3 is 3. The molecule has 1 amide bonds. The lowest BCUT2D eigenvalue weighted by Gasteiger charge is -2.33. The molecule has 2 unspecified atom stereocenters. The van der Waals surface area contributed by atoms with E-state index >= 15 is 0 Å². The predicted octanol–water partition coefficient (Wildman–Crippen LogP) is 2.37. The Morgan fingerprint density at radius 2 is 1.70 bits per heavy atom. The maximum absolute atomic E-state index is 13.4. The number of hydrogen-bond acceptors (Lipinski definition) is 9. The standard InChI is InChI=1S/C24H26ClNO10S/c1-13(11-36-12-14-7-18(33-2)22(35-4)19(8-14)34-3)37(31,32)23-21(29)16-6-5-15(25)9-17(16)26(24(23)30)10-20(27)28/h5-9,13,23H,10-12H2,1-4H3,(H,27,28). The van der Waals surface area contributed by atoms with Gasteiger partial charge in [-0.3, -0.25) is 19.3 Å². The van der Waals surface area contributed by atoms with Crippen LogP contribution < -0.4 is 19.1 Å². The van der Waals surface area contributed by atoms with Gasteiger partial charge in [-0.1, -0.05) is 11.6 Å². The molecule has 13 heteroatoms. The van der Waals surface area contributed by atoms with E-state index in [9.17, 15) is 27.9 Å². The van der Waals surface area contributed by atoms with E-state index < -0.39 is 44.5 Å². The first-order valence-electron chi connectivity index (χ1n) is 10.9. The van der Waals surface area contributed by atoms with Crippen molar-refractivity contribution >= 4 is 44.8 Å². The highest BCUT2D eigenvalue weighted by Gasteiger charge is 2.49. The van der Waals surface area contributed by atoms with Crippen LogP contribution in [0.1, 0.15) is 22.8 Å². The zero-order chi connectivity index (χ0) is 27.5. The van der Waals surface area contributed by atoms with E-state index in [1.54, 1.807) is 12.1 Å². The SMILES string of the molecule is COc1cc(COCC(C)S(=O)(=O)C2C(=O)c3ccc(Cl)cc3N(CC(=O)O)C2=O)cc(OC)c1OC. The van der Waals surface area contributed by atoms with Gasteiger partial charge in [-0.2, -0.15) is 0 Å². The van der Waals surface area contributed by atoms with Crippen LogP contribution in [-0.2, 0) is 30.8 Å². The van der Waals surface area contributed by atoms with Gasteiger partial charge in [-0.25, -0.2) is 8.42 Å². The van der Waals surface area contributed by atoms with E-state index in [0.717, 1.165) is 4.90 Å². The number of Topliss-reactive ketones (excluding diaryl/α,β-unsaturated/α-hetero) is 1. The van der Waals surface area contributed by atoms with Gasteiger partial charge in [0.1, 0.15) is 6.54 Å². The summed E-state index contributed by atoms with van der Waals surface area (Å²) in [5.41, 5.74) is 0.439. The number of benzene rings is 2. The average Bonchev–Trinajstić information content (AvgIpc) is 2.85. The molecule has 1 heterocycles. The Kier molecular flexibility index (Phi) is 8.67. The lowest BCUT2D eigenvalue weighted by Crippen LogP contribution is -2.55. The molecule has 2 atom stereocenters. The van der Waals surface area contributed by atoms with E-state index in [0.29, 0.717) is 22.8 Å². The highest BCUT2D eigenvalue weighted by atomic mass is 35.5. The number of carbonyl (C=O) groups excluding carboxylic acids is 2. The number of ketones is 1. The Morgan fingerprint density at radius 3 is 2.24 bits per heavy atom. The molecule has 0 aliphatic carbocycles. The van der Waals surface area contributed by atoms with Crippen molar-refractivity contribution in [2.24, 2.45) is 0 Å². The summed E-state index contributed by atoms with van der Waals surface area (Å²) in [5, 5.41) is 6.04. The van der Waals surface area contributed by atoms with Crippen molar-refractivity contribution in [2.45, 2.75) is 24.0 Å². The molecule has 2 aromatic carbocycles. The topological polar surface area (TPSA) is 146 Å². The summed E-state index contributed by atoms with van der Waals surface area (Å²) in [7, 11) is -0.0681. The average molecular weight is 556 g/mol. The third-order valence-corrected chi connectivity index (χ3v) is 8.34. The normalized spacial score (nSPS) is 16.2. The number of anilines is 1. The molecular weight excluding hydrogens is 530 g/mol. The van der Waals surface area contributed by atoms with Crippen LogP contribution in [-0.4, -0.2) is 76.2 Å². The second-order valence-electron chi connectivity index (χ2n) is 8.17. The number of carboxylic acids is 1. The first-order chi connectivity index (χ1) is 17.5. The number of amides is 1. The zero-order valence-corrected chi connectivity index (χ0v) is 22.1. The largest absolute Gasteiger partial charge is 0.493 e. The fraction of sp³-hybridized carbons (Fsp3) is 0.375. The van der Waals surface area contributed by atoms with Gasteiger partial charge in [0.05, 0.1) is 45.5 Å². The minimum Gasteiger partial charge on any atom is -0.493 e. The third-order valence-electron chi connectivity index (χ3n) is 5.77. The molecule has 1 aliphatic heterocycles. The summed E-state index contributed by atoms with van der Waals surface area (Å²) >= 11 is 5.96. The van der Waals surface area contributed by atoms with Gasteiger partial charge in [0.2, 0.25) is 11.0 Å². The minimum absolute atomic E-state index is 0.0321. The van der Waals surface area contributed by atoms with Crippen molar-refractivity contribution in [1.82, 2.24) is 0 Å². The van der Waals surface area contributed by atoms with Crippen LogP contribution in [0.2, 0.25) is 5.02 Å². The summed E-state index contributed by atoms with van der Waals surface area (Å²) < 4.78 is 48.2. The summed E-state index contributed by atoms with van der Waals surface area (Å²) in [4.78, 5) is 38.4.